The number of hydrogen-bond donors (Lipinski definition) is 2. The zero-order valence-electron chi connectivity index (χ0n) is 15.3. The third kappa shape index (κ3) is 6.19. The van der Waals surface area contributed by atoms with Crippen molar-refractivity contribution in [3.05, 3.63) is 35.4 Å². The van der Waals surface area contributed by atoms with Crippen molar-refractivity contribution in [1.29, 1.82) is 0 Å². The third-order valence-corrected chi connectivity index (χ3v) is 3.36. The van der Waals surface area contributed by atoms with Crippen LogP contribution in [0.4, 0.5) is 0 Å². The summed E-state index contributed by atoms with van der Waals surface area (Å²) in [5.74, 6) is -2.14. The van der Waals surface area contributed by atoms with E-state index >= 15 is 0 Å². The maximum atomic E-state index is 12.0. The van der Waals surface area contributed by atoms with Crippen LogP contribution in [0.1, 0.15) is 48.4 Å². The van der Waals surface area contributed by atoms with Crippen molar-refractivity contribution in [2.45, 2.75) is 39.9 Å². The molecule has 0 saturated heterocycles. The molecule has 0 unspecified atom stereocenters. The van der Waals surface area contributed by atoms with Crippen molar-refractivity contribution in [3.63, 3.8) is 0 Å². The summed E-state index contributed by atoms with van der Waals surface area (Å²) in [5.41, 5.74) is 0.379. The molecule has 0 saturated carbocycles. The molecule has 0 fully saturated rings. The Morgan fingerprint density at radius 2 is 1.08 bits per heavy atom. The number of amides is 2. The van der Waals surface area contributed by atoms with Gasteiger partial charge in [-0.25, -0.2) is 9.59 Å². The van der Waals surface area contributed by atoms with Gasteiger partial charge in [0.1, 0.15) is 0 Å². The Labute approximate surface area is 152 Å². The first-order valence-electron chi connectivity index (χ1n) is 8.37. The van der Waals surface area contributed by atoms with Crippen LogP contribution in [-0.2, 0) is 19.1 Å². The van der Waals surface area contributed by atoms with Gasteiger partial charge in [0.25, 0.3) is 11.8 Å². The Morgan fingerprint density at radius 1 is 0.769 bits per heavy atom. The normalized spacial score (nSPS) is 12.5. The van der Waals surface area contributed by atoms with Crippen LogP contribution in [0.15, 0.2) is 24.3 Å². The van der Waals surface area contributed by atoms with Gasteiger partial charge >= 0.3 is 11.9 Å². The lowest BCUT2D eigenvalue weighted by molar-refractivity contribution is -0.129. The summed E-state index contributed by atoms with van der Waals surface area (Å²) in [6.07, 6.45) is -1.85. The lowest BCUT2D eigenvalue weighted by Crippen LogP contribution is -2.35. The monoisotopic (exact) mass is 364 g/mol. The van der Waals surface area contributed by atoms with Crippen LogP contribution in [0.5, 0.6) is 0 Å². The molecule has 26 heavy (non-hydrogen) atoms. The molecule has 1 aromatic carbocycles. The standard InChI is InChI=1S/C18H24N2O6/c1-5-19-15(21)11(3)25-17(23)13-7-9-14(10-8-13)18(24)26-12(4)16(22)20-6-2/h7-12H,5-6H2,1-4H3,(H,19,21)(H,20,22)/t11-,12+. The van der Waals surface area contributed by atoms with Crippen molar-refractivity contribution in [2.24, 2.45) is 0 Å². The predicted octanol–water partition coefficient (Wildman–Crippen LogP) is 1.05. The number of benzene rings is 1. The quantitative estimate of drug-likeness (QED) is 0.667. The summed E-state index contributed by atoms with van der Waals surface area (Å²) in [6, 6.07) is 5.56. The first-order chi connectivity index (χ1) is 12.3. The van der Waals surface area contributed by atoms with Gasteiger partial charge in [-0.3, -0.25) is 9.59 Å². The second-order valence-corrected chi connectivity index (χ2v) is 5.46. The second-order valence-electron chi connectivity index (χ2n) is 5.46. The SMILES string of the molecule is CCNC(=O)[C@H](C)OC(=O)c1ccc(C(=O)O[C@H](C)C(=O)NCC)cc1. The lowest BCUT2D eigenvalue weighted by Gasteiger charge is -2.14. The molecule has 0 bridgehead atoms. The summed E-state index contributed by atoms with van der Waals surface area (Å²) >= 11 is 0. The van der Waals surface area contributed by atoms with Crippen LogP contribution in [0.3, 0.4) is 0 Å². The summed E-state index contributed by atoms with van der Waals surface area (Å²) in [4.78, 5) is 47.2. The van der Waals surface area contributed by atoms with Crippen LogP contribution in [0.25, 0.3) is 0 Å². The van der Waals surface area contributed by atoms with Crippen LogP contribution < -0.4 is 10.6 Å². The zero-order chi connectivity index (χ0) is 19.7. The van der Waals surface area contributed by atoms with Crippen molar-refractivity contribution < 1.29 is 28.7 Å². The first-order valence-corrected chi connectivity index (χ1v) is 8.37. The number of likely N-dealkylation sites (N-methyl/N-ethyl adjacent to an activating group) is 2. The zero-order valence-corrected chi connectivity index (χ0v) is 15.3. The Bertz CT molecular complexity index is 599. The Balaban J connectivity index is 2.67. The fourth-order valence-electron chi connectivity index (χ4n) is 1.94. The van der Waals surface area contributed by atoms with E-state index < -0.39 is 24.1 Å². The number of rotatable bonds is 8. The largest absolute Gasteiger partial charge is 0.449 e. The third-order valence-electron chi connectivity index (χ3n) is 3.36. The number of ether oxygens (including phenoxy) is 2. The van der Waals surface area contributed by atoms with Crippen molar-refractivity contribution >= 4 is 23.8 Å². The van der Waals surface area contributed by atoms with E-state index in [1.54, 1.807) is 13.8 Å². The minimum absolute atomic E-state index is 0.189. The molecular weight excluding hydrogens is 340 g/mol. The number of hydrogen-bond acceptors (Lipinski definition) is 6. The first kappa shape index (κ1) is 21.1. The molecule has 0 spiro atoms. The van der Waals surface area contributed by atoms with E-state index in [0.717, 1.165) is 0 Å². The van der Waals surface area contributed by atoms with Crippen LogP contribution in [0, 0.1) is 0 Å². The van der Waals surface area contributed by atoms with E-state index in [1.165, 1.54) is 38.1 Å². The molecule has 0 heterocycles. The topological polar surface area (TPSA) is 111 Å². The average Bonchev–Trinajstić information content (AvgIpc) is 2.62. The Morgan fingerprint density at radius 3 is 1.35 bits per heavy atom. The molecule has 0 radical (unpaired) electrons. The van der Waals surface area contributed by atoms with Gasteiger partial charge in [0, 0.05) is 13.1 Å². The van der Waals surface area contributed by atoms with Crippen molar-refractivity contribution in [1.82, 2.24) is 10.6 Å². The van der Waals surface area contributed by atoms with Crippen LogP contribution in [-0.4, -0.2) is 49.1 Å². The van der Waals surface area contributed by atoms with E-state index in [2.05, 4.69) is 10.6 Å². The highest BCUT2D eigenvalue weighted by Gasteiger charge is 2.20. The highest BCUT2D eigenvalue weighted by molar-refractivity contribution is 5.95. The highest BCUT2D eigenvalue weighted by atomic mass is 16.6. The van der Waals surface area contributed by atoms with Gasteiger partial charge in [0.15, 0.2) is 12.2 Å². The van der Waals surface area contributed by atoms with Gasteiger partial charge in [0.2, 0.25) is 0 Å². The van der Waals surface area contributed by atoms with Crippen LogP contribution >= 0.6 is 0 Å². The van der Waals surface area contributed by atoms with E-state index in [-0.39, 0.29) is 22.9 Å². The minimum Gasteiger partial charge on any atom is -0.449 e. The fourth-order valence-corrected chi connectivity index (χ4v) is 1.94. The van der Waals surface area contributed by atoms with Gasteiger partial charge in [0.05, 0.1) is 11.1 Å². The molecule has 0 aliphatic carbocycles. The molecule has 142 valence electrons. The van der Waals surface area contributed by atoms with Gasteiger partial charge in [-0.2, -0.15) is 0 Å². The molecule has 8 nitrogen and oxygen atoms in total. The number of esters is 2. The van der Waals surface area contributed by atoms with E-state index in [4.69, 9.17) is 9.47 Å². The molecule has 2 N–H and O–H groups in total. The molecule has 1 rings (SSSR count). The molecule has 0 aromatic heterocycles. The molecule has 0 aliphatic rings. The fraction of sp³-hybridized carbons (Fsp3) is 0.444. The van der Waals surface area contributed by atoms with Gasteiger partial charge in [-0.05, 0) is 52.0 Å². The number of carbonyl (C=O) groups is 4. The summed E-state index contributed by atoms with van der Waals surface area (Å²) in [5, 5.41) is 5.10. The van der Waals surface area contributed by atoms with Crippen molar-refractivity contribution in [2.75, 3.05) is 13.1 Å². The second kappa shape index (κ2) is 10.2. The summed E-state index contributed by atoms with van der Waals surface area (Å²) in [7, 11) is 0. The maximum Gasteiger partial charge on any atom is 0.338 e. The highest BCUT2D eigenvalue weighted by Crippen LogP contribution is 2.10. The average molecular weight is 364 g/mol. The molecular formula is C18H24N2O6. The van der Waals surface area contributed by atoms with Crippen molar-refractivity contribution in [3.8, 4) is 0 Å². The molecule has 2 atom stereocenters. The van der Waals surface area contributed by atoms with E-state index in [9.17, 15) is 19.2 Å². The van der Waals surface area contributed by atoms with Gasteiger partial charge in [-0.15, -0.1) is 0 Å². The smallest absolute Gasteiger partial charge is 0.338 e. The van der Waals surface area contributed by atoms with Crippen LogP contribution in [0.2, 0.25) is 0 Å². The van der Waals surface area contributed by atoms with E-state index in [0.29, 0.717) is 13.1 Å². The van der Waals surface area contributed by atoms with Gasteiger partial charge < -0.3 is 20.1 Å². The molecule has 8 heteroatoms. The summed E-state index contributed by atoms with van der Waals surface area (Å²) < 4.78 is 10.1. The molecule has 2 amide bonds. The summed E-state index contributed by atoms with van der Waals surface area (Å²) in [6.45, 7) is 7.33. The molecule has 0 aliphatic heterocycles. The Kier molecular flexibility index (Phi) is 8.27. The minimum atomic E-state index is -0.926. The molecule has 1 aromatic rings. The number of nitrogens with one attached hydrogen (secondary N) is 2. The Hall–Kier alpha value is -2.90. The lowest BCUT2D eigenvalue weighted by atomic mass is 10.1. The van der Waals surface area contributed by atoms with Gasteiger partial charge in [-0.1, -0.05) is 0 Å². The number of carbonyl (C=O) groups excluding carboxylic acids is 4. The maximum absolute atomic E-state index is 12.0. The van der Waals surface area contributed by atoms with E-state index in [1.807, 2.05) is 0 Å². The predicted molar refractivity (Wildman–Crippen MR) is 93.6 cm³/mol.